The number of aromatic nitrogens is 2. The Hall–Kier alpha value is -1.45. The Kier molecular flexibility index (Phi) is 4.88. The smallest absolute Gasteiger partial charge is 0.0622 e. The Morgan fingerprint density at radius 1 is 1.16 bits per heavy atom. The second-order valence-corrected chi connectivity index (χ2v) is 4.85. The van der Waals surface area contributed by atoms with Gasteiger partial charge in [-0.3, -0.25) is 9.97 Å². The lowest BCUT2D eigenvalue weighted by atomic mass is 9.95. The van der Waals surface area contributed by atoms with Crippen LogP contribution in [0, 0.1) is 0 Å². The number of nitrogens with zero attached hydrogens (tertiary/aromatic N) is 2. The monoisotopic (exact) mass is 275 g/mol. The SMILES string of the molecule is CCc1cnccc1C(Cc1ccncc1Cl)NC. The van der Waals surface area contributed by atoms with Crippen LogP contribution in [0.2, 0.25) is 5.02 Å². The Morgan fingerprint density at radius 2 is 1.89 bits per heavy atom. The van der Waals surface area contributed by atoms with Gasteiger partial charge in [0.25, 0.3) is 0 Å². The van der Waals surface area contributed by atoms with E-state index in [0.29, 0.717) is 0 Å². The summed E-state index contributed by atoms with van der Waals surface area (Å²) >= 11 is 6.18. The Bertz CT molecular complexity index is 542. The summed E-state index contributed by atoms with van der Waals surface area (Å²) in [7, 11) is 1.97. The number of hydrogen-bond acceptors (Lipinski definition) is 3. The van der Waals surface area contributed by atoms with Crippen molar-refractivity contribution in [1.29, 1.82) is 0 Å². The summed E-state index contributed by atoms with van der Waals surface area (Å²) in [5, 5.41) is 4.08. The van der Waals surface area contributed by atoms with E-state index in [9.17, 15) is 0 Å². The fraction of sp³-hybridized carbons (Fsp3) is 0.333. The Balaban J connectivity index is 2.28. The first-order valence-corrected chi connectivity index (χ1v) is 6.82. The van der Waals surface area contributed by atoms with Crippen LogP contribution in [0.5, 0.6) is 0 Å². The maximum Gasteiger partial charge on any atom is 0.0622 e. The highest BCUT2D eigenvalue weighted by atomic mass is 35.5. The molecule has 0 bridgehead atoms. The molecule has 2 aromatic rings. The maximum absolute atomic E-state index is 6.18. The minimum Gasteiger partial charge on any atom is -0.313 e. The lowest BCUT2D eigenvalue weighted by Crippen LogP contribution is -2.20. The molecule has 3 nitrogen and oxygen atoms in total. The van der Waals surface area contributed by atoms with Gasteiger partial charge in [-0.15, -0.1) is 0 Å². The average molecular weight is 276 g/mol. The number of hydrogen-bond donors (Lipinski definition) is 1. The van der Waals surface area contributed by atoms with Gasteiger partial charge in [0, 0.05) is 30.8 Å². The Labute approximate surface area is 119 Å². The molecule has 0 aliphatic carbocycles. The summed E-state index contributed by atoms with van der Waals surface area (Å²) in [6, 6.07) is 4.28. The molecule has 0 amide bonds. The van der Waals surface area contributed by atoms with E-state index >= 15 is 0 Å². The summed E-state index contributed by atoms with van der Waals surface area (Å²) in [4.78, 5) is 8.22. The van der Waals surface area contributed by atoms with Crippen LogP contribution in [-0.2, 0) is 12.8 Å². The molecule has 0 aliphatic heterocycles. The van der Waals surface area contributed by atoms with Gasteiger partial charge >= 0.3 is 0 Å². The van der Waals surface area contributed by atoms with Crippen molar-refractivity contribution in [1.82, 2.24) is 15.3 Å². The highest BCUT2D eigenvalue weighted by molar-refractivity contribution is 6.31. The molecule has 0 saturated heterocycles. The zero-order valence-corrected chi connectivity index (χ0v) is 12.0. The number of aryl methyl sites for hydroxylation is 1. The highest BCUT2D eigenvalue weighted by Gasteiger charge is 2.14. The van der Waals surface area contributed by atoms with Gasteiger partial charge < -0.3 is 5.32 Å². The number of nitrogens with one attached hydrogen (secondary N) is 1. The van der Waals surface area contributed by atoms with E-state index in [-0.39, 0.29) is 6.04 Å². The molecule has 0 saturated carbocycles. The highest BCUT2D eigenvalue weighted by Crippen LogP contribution is 2.24. The third-order valence-corrected chi connectivity index (χ3v) is 3.67. The van der Waals surface area contributed by atoms with E-state index in [1.54, 1.807) is 12.4 Å². The first kappa shape index (κ1) is 14.0. The van der Waals surface area contributed by atoms with E-state index in [1.807, 2.05) is 25.5 Å². The second-order valence-electron chi connectivity index (χ2n) is 4.44. The van der Waals surface area contributed by atoms with Crippen molar-refractivity contribution in [3.63, 3.8) is 0 Å². The van der Waals surface area contributed by atoms with Crippen LogP contribution < -0.4 is 5.32 Å². The molecule has 2 rings (SSSR count). The summed E-state index contributed by atoms with van der Waals surface area (Å²) in [6.45, 7) is 2.15. The van der Waals surface area contributed by atoms with Gasteiger partial charge in [-0.1, -0.05) is 18.5 Å². The minimum absolute atomic E-state index is 0.234. The van der Waals surface area contributed by atoms with Gasteiger partial charge in [-0.05, 0) is 48.7 Å². The molecule has 0 spiro atoms. The Morgan fingerprint density at radius 3 is 2.58 bits per heavy atom. The molecule has 0 aromatic carbocycles. The number of rotatable bonds is 5. The molecule has 0 radical (unpaired) electrons. The predicted molar refractivity (Wildman–Crippen MR) is 78.4 cm³/mol. The molecular weight excluding hydrogens is 258 g/mol. The lowest BCUT2D eigenvalue weighted by molar-refractivity contribution is 0.585. The van der Waals surface area contributed by atoms with Gasteiger partial charge in [0.15, 0.2) is 0 Å². The number of pyridine rings is 2. The van der Waals surface area contributed by atoms with E-state index in [1.165, 1.54) is 11.1 Å². The molecule has 1 atom stereocenters. The molecule has 4 heteroatoms. The molecule has 19 heavy (non-hydrogen) atoms. The summed E-state index contributed by atoms with van der Waals surface area (Å²) in [5.74, 6) is 0. The number of halogens is 1. The fourth-order valence-electron chi connectivity index (χ4n) is 2.23. The van der Waals surface area contributed by atoms with E-state index < -0.39 is 0 Å². The maximum atomic E-state index is 6.18. The quantitative estimate of drug-likeness (QED) is 0.911. The molecule has 0 fully saturated rings. The molecular formula is C15H18ClN3. The van der Waals surface area contributed by atoms with Gasteiger partial charge in [0.05, 0.1) is 5.02 Å². The van der Waals surface area contributed by atoms with Crippen molar-refractivity contribution in [3.8, 4) is 0 Å². The molecule has 100 valence electrons. The molecule has 0 aliphatic rings. The average Bonchev–Trinajstić information content (AvgIpc) is 2.46. The first-order chi connectivity index (χ1) is 9.26. The first-order valence-electron chi connectivity index (χ1n) is 6.44. The van der Waals surface area contributed by atoms with Crippen molar-refractivity contribution < 1.29 is 0 Å². The lowest BCUT2D eigenvalue weighted by Gasteiger charge is -2.20. The van der Waals surface area contributed by atoms with E-state index in [0.717, 1.165) is 23.4 Å². The third kappa shape index (κ3) is 3.31. The fourth-order valence-corrected chi connectivity index (χ4v) is 2.43. The van der Waals surface area contributed by atoms with Crippen molar-refractivity contribution in [3.05, 3.63) is 58.6 Å². The summed E-state index contributed by atoms with van der Waals surface area (Å²) in [6.07, 6.45) is 9.07. The van der Waals surface area contributed by atoms with Gasteiger partial charge in [0.2, 0.25) is 0 Å². The molecule has 2 heterocycles. The van der Waals surface area contributed by atoms with Gasteiger partial charge in [-0.2, -0.15) is 0 Å². The van der Waals surface area contributed by atoms with Crippen LogP contribution in [0.15, 0.2) is 36.9 Å². The zero-order valence-electron chi connectivity index (χ0n) is 11.2. The number of likely N-dealkylation sites (N-methyl/N-ethyl adjacent to an activating group) is 1. The summed E-state index contributed by atoms with van der Waals surface area (Å²) in [5.41, 5.74) is 3.66. The van der Waals surface area contributed by atoms with Crippen LogP contribution in [0.25, 0.3) is 0 Å². The topological polar surface area (TPSA) is 37.8 Å². The summed E-state index contributed by atoms with van der Waals surface area (Å²) < 4.78 is 0. The van der Waals surface area contributed by atoms with Crippen LogP contribution >= 0.6 is 11.6 Å². The van der Waals surface area contributed by atoms with Gasteiger partial charge in [0.1, 0.15) is 0 Å². The zero-order chi connectivity index (χ0) is 13.7. The predicted octanol–water partition coefficient (Wildman–Crippen LogP) is 3.20. The molecule has 2 aromatic heterocycles. The normalized spacial score (nSPS) is 12.4. The van der Waals surface area contributed by atoms with Crippen LogP contribution in [0.3, 0.4) is 0 Å². The van der Waals surface area contributed by atoms with Crippen molar-refractivity contribution in [2.45, 2.75) is 25.8 Å². The third-order valence-electron chi connectivity index (χ3n) is 3.33. The standard InChI is InChI=1S/C15H18ClN3/c1-3-11-9-18-7-5-13(11)15(17-2)8-12-4-6-19-10-14(12)16/h4-7,9-10,15,17H,3,8H2,1-2H3. The van der Waals surface area contributed by atoms with Crippen molar-refractivity contribution in [2.75, 3.05) is 7.05 Å². The van der Waals surface area contributed by atoms with Crippen molar-refractivity contribution >= 4 is 11.6 Å². The molecule has 1 unspecified atom stereocenters. The van der Waals surface area contributed by atoms with Crippen LogP contribution in [0.1, 0.15) is 29.7 Å². The van der Waals surface area contributed by atoms with Crippen LogP contribution in [0.4, 0.5) is 0 Å². The van der Waals surface area contributed by atoms with Gasteiger partial charge in [-0.25, -0.2) is 0 Å². The van der Waals surface area contributed by atoms with Crippen LogP contribution in [-0.4, -0.2) is 17.0 Å². The minimum atomic E-state index is 0.234. The van der Waals surface area contributed by atoms with E-state index in [2.05, 4.69) is 28.3 Å². The molecule has 1 N–H and O–H groups in total. The van der Waals surface area contributed by atoms with Crippen molar-refractivity contribution in [2.24, 2.45) is 0 Å². The largest absolute Gasteiger partial charge is 0.313 e. The van der Waals surface area contributed by atoms with E-state index in [4.69, 9.17) is 11.6 Å². The second kappa shape index (κ2) is 6.64.